The molecule has 17 heavy (non-hydrogen) atoms. The van der Waals surface area contributed by atoms with Gasteiger partial charge in [-0.2, -0.15) is 0 Å². The quantitative estimate of drug-likeness (QED) is 0.818. The highest BCUT2D eigenvalue weighted by Gasteiger charge is 2.30. The van der Waals surface area contributed by atoms with E-state index in [1.807, 2.05) is 7.05 Å². The number of benzene rings is 1. The van der Waals surface area contributed by atoms with Gasteiger partial charge in [0.2, 0.25) is 0 Å². The average molecular weight is 235 g/mol. The minimum Gasteiger partial charge on any atom is -0.377 e. The van der Waals surface area contributed by atoms with Gasteiger partial charge in [0, 0.05) is 11.5 Å². The molecule has 0 radical (unpaired) electrons. The molecule has 1 aromatic carbocycles. The molecule has 0 aromatic heterocycles. The molecule has 0 aliphatic carbocycles. The molecule has 96 valence electrons. The molecule has 0 saturated heterocycles. The van der Waals surface area contributed by atoms with Crippen molar-refractivity contribution in [2.45, 2.75) is 45.3 Å². The first-order chi connectivity index (χ1) is 7.98. The van der Waals surface area contributed by atoms with Crippen molar-refractivity contribution in [1.29, 1.82) is 0 Å². The zero-order valence-electron chi connectivity index (χ0n) is 11.7. The van der Waals surface area contributed by atoms with Crippen LogP contribution in [0.25, 0.3) is 0 Å². The number of likely N-dealkylation sites (N-methyl/N-ethyl adjacent to an activating group) is 1. The summed E-state index contributed by atoms with van der Waals surface area (Å²) in [6.07, 6.45) is 0.275. The summed E-state index contributed by atoms with van der Waals surface area (Å²) >= 11 is 0. The monoisotopic (exact) mass is 235 g/mol. The van der Waals surface area contributed by atoms with Gasteiger partial charge >= 0.3 is 0 Å². The Labute approximate surface area is 105 Å². The fourth-order valence-corrected chi connectivity index (χ4v) is 2.01. The number of ether oxygens (including phenoxy) is 1. The van der Waals surface area contributed by atoms with E-state index in [0.29, 0.717) is 6.04 Å². The Morgan fingerprint density at radius 2 is 1.76 bits per heavy atom. The van der Waals surface area contributed by atoms with E-state index in [1.54, 1.807) is 0 Å². The van der Waals surface area contributed by atoms with E-state index in [2.05, 4.69) is 63.3 Å². The van der Waals surface area contributed by atoms with Gasteiger partial charge in [-0.1, -0.05) is 44.2 Å². The van der Waals surface area contributed by atoms with Gasteiger partial charge in [0.15, 0.2) is 0 Å². The van der Waals surface area contributed by atoms with Crippen LogP contribution in [0, 0.1) is 0 Å². The Morgan fingerprint density at radius 3 is 2.24 bits per heavy atom. The van der Waals surface area contributed by atoms with Crippen LogP contribution in [0.4, 0.5) is 0 Å². The van der Waals surface area contributed by atoms with Crippen LogP contribution >= 0.6 is 0 Å². The maximum Gasteiger partial charge on any atom is 0.0631 e. The van der Waals surface area contributed by atoms with Gasteiger partial charge in [0.25, 0.3) is 0 Å². The summed E-state index contributed by atoms with van der Waals surface area (Å²) in [5.74, 6) is 0. The Kier molecular flexibility index (Phi) is 5.16. The normalized spacial score (nSPS) is 14.0. The number of nitrogens with one attached hydrogen (secondary N) is 1. The third-order valence-corrected chi connectivity index (χ3v) is 3.33. The van der Waals surface area contributed by atoms with Crippen molar-refractivity contribution in [3.63, 3.8) is 0 Å². The molecule has 0 bridgehead atoms. The molecule has 0 spiro atoms. The first-order valence-corrected chi connectivity index (χ1v) is 6.33. The van der Waals surface area contributed by atoms with Crippen LogP contribution in [0.15, 0.2) is 30.3 Å². The summed E-state index contributed by atoms with van der Waals surface area (Å²) in [7, 11) is 2.00. The lowest BCUT2D eigenvalue weighted by atomic mass is 9.78. The van der Waals surface area contributed by atoms with E-state index in [9.17, 15) is 0 Å². The van der Waals surface area contributed by atoms with Crippen LogP contribution in [-0.4, -0.2) is 25.8 Å². The van der Waals surface area contributed by atoms with Gasteiger partial charge in [-0.15, -0.1) is 0 Å². The SMILES string of the molecule is CNC(COC(C)C)C(C)(C)c1ccccc1. The van der Waals surface area contributed by atoms with E-state index in [0.717, 1.165) is 6.61 Å². The Morgan fingerprint density at radius 1 is 1.18 bits per heavy atom. The Hall–Kier alpha value is -0.860. The van der Waals surface area contributed by atoms with Crippen LogP contribution in [0.2, 0.25) is 0 Å². The Bertz CT molecular complexity index is 319. The van der Waals surface area contributed by atoms with Crippen LogP contribution < -0.4 is 5.32 Å². The molecule has 1 N–H and O–H groups in total. The van der Waals surface area contributed by atoms with Crippen molar-refractivity contribution in [3.8, 4) is 0 Å². The molecule has 0 fully saturated rings. The smallest absolute Gasteiger partial charge is 0.0631 e. The van der Waals surface area contributed by atoms with Gasteiger partial charge in [-0.3, -0.25) is 0 Å². The molecule has 2 heteroatoms. The number of hydrogen-bond donors (Lipinski definition) is 1. The third kappa shape index (κ3) is 3.83. The van der Waals surface area contributed by atoms with E-state index in [1.165, 1.54) is 5.56 Å². The van der Waals surface area contributed by atoms with Gasteiger partial charge in [-0.05, 0) is 26.5 Å². The first kappa shape index (κ1) is 14.2. The second-order valence-corrected chi connectivity index (χ2v) is 5.31. The first-order valence-electron chi connectivity index (χ1n) is 6.33. The second-order valence-electron chi connectivity index (χ2n) is 5.31. The average Bonchev–Trinajstić information content (AvgIpc) is 2.30. The largest absolute Gasteiger partial charge is 0.377 e. The lowest BCUT2D eigenvalue weighted by Gasteiger charge is -2.35. The predicted molar refractivity (Wildman–Crippen MR) is 73.4 cm³/mol. The van der Waals surface area contributed by atoms with Crippen molar-refractivity contribution in [1.82, 2.24) is 5.32 Å². The maximum absolute atomic E-state index is 5.74. The molecule has 1 atom stereocenters. The molecular weight excluding hydrogens is 210 g/mol. The predicted octanol–water partition coefficient (Wildman–Crippen LogP) is 2.98. The highest BCUT2D eigenvalue weighted by Crippen LogP contribution is 2.27. The van der Waals surface area contributed by atoms with Crippen molar-refractivity contribution >= 4 is 0 Å². The van der Waals surface area contributed by atoms with Gasteiger partial charge in [-0.25, -0.2) is 0 Å². The molecule has 1 unspecified atom stereocenters. The molecule has 0 aliphatic heterocycles. The Balaban J connectivity index is 2.79. The lowest BCUT2D eigenvalue weighted by molar-refractivity contribution is 0.0480. The standard InChI is InChI=1S/C15H25NO/c1-12(2)17-11-14(16-5)15(3,4)13-9-7-6-8-10-13/h6-10,12,14,16H,11H2,1-5H3. The van der Waals surface area contributed by atoms with E-state index >= 15 is 0 Å². The maximum atomic E-state index is 5.74. The van der Waals surface area contributed by atoms with Crippen molar-refractivity contribution in [2.24, 2.45) is 0 Å². The topological polar surface area (TPSA) is 21.3 Å². The minimum absolute atomic E-state index is 0.0604. The summed E-state index contributed by atoms with van der Waals surface area (Å²) in [6.45, 7) is 9.39. The van der Waals surface area contributed by atoms with Gasteiger partial charge < -0.3 is 10.1 Å². The number of hydrogen-bond acceptors (Lipinski definition) is 2. The van der Waals surface area contributed by atoms with Crippen molar-refractivity contribution < 1.29 is 4.74 Å². The van der Waals surface area contributed by atoms with Crippen molar-refractivity contribution in [2.75, 3.05) is 13.7 Å². The molecule has 0 amide bonds. The highest BCUT2D eigenvalue weighted by molar-refractivity contribution is 5.25. The number of rotatable bonds is 6. The van der Waals surface area contributed by atoms with Crippen LogP contribution in [0.3, 0.4) is 0 Å². The fourth-order valence-electron chi connectivity index (χ4n) is 2.01. The summed E-state index contributed by atoms with van der Waals surface area (Å²) < 4.78 is 5.74. The van der Waals surface area contributed by atoms with Crippen LogP contribution in [-0.2, 0) is 10.2 Å². The summed E-state index contributed by atoms with van der Waals surface area (Å²) in [5, 5.41) is 3.37. The van der Waals surface area contributed by atoms with Crippen LogP contribution in [0.1, 0.15) is 33.3 Å². The lowest BCUT2D eigenvalue weighted by Crippen LogP contribution is -2.46. The molecular formula is C15H25NO. The molecule has 1 aromatic rings. The molecule has 0 saturated carbocycles. The summed E-state index contributed by atoms with van der Waals surface area (Å²) in [5.41, 5.74) is 1.40. The van der Waals surface area contributed by atoms with E-state index in [-0.39, 0.29) is 11.5 Å². The highest BCUT2D eigenvalue weighted by atomic mass is 16.5. The molecule has 0 aliphatic rings. The van der Waals surface area contributed by atoms with Crippen molar-refractivity contribution in [3.05, 3.63) is 35.9 Å². The van der Waals surface area contributed by atoms with E-state index < -0.39 is 0 Å². The second kappa shape index (κ2) is 6.18. The van der Waals surface area contributed by atoms with Crippen LogP contribution in [0.5, 0.6) is 0 Å². The molecule has 2 nitrogen and oxygen atoms in total. The fraction of sp³-hybridized carbons (Fsp3) is 0.600. The van der Waals surface area contributed by atoms with Gasteiger partial charge in [0.05, 0.1) is 12.7 Å². The van der Waals surface area contributed by atoms with Gasteiger partial charge in [0.1, 0.15) is 0 Å². The zero-order valence-corrected chi connectivity index (χ0v) is 11.7. The van der Waals surface area contributed by atoms with E-state index in [4.69, 9.17) is 4.74 Å². The zero-order chi connectivity index (χ0) is 12.9. The summed E-state index contributed by atoms with van der Waals surface area (Å²) in [4.78, 5) is 0. The minimum atomic E-state index is 0.0604. The third-order valence-electron chi connectivity index (χ3n) is 3.33. The summed E-state index contributed by atoms with van der Waals surface area (Å²) in [6, 6.07) is 10.9. The molecule has 1 rings (SSSR count). The molecule has 0 heterocycles.